The molecule has 4 unspecified atom stereocenters. The molecule has 4 atom stereocenters. The first-order chi connectivity index (χ1) is 10.6. The fourth-order valence-corrected chi connectivity index (χ4v) is 3.43. The number of benzene rings is 1. The van der Waals surface area contributed by atoms with E-state index in [0.29, 0.717) is 6.61 Å². The summed E-state index contributed by atoms with van der Waals surface area (Å²) < 4.78 is 5.16. The van der Waals surface area contributed by atoms with Crippen LogP contribution in [0.25, 0.3) is 0 Å². The zero-order valence-corrected chi connectivity index (χ0v) is 12.8. The van der Waals surface area contributed by atoms with Crippen molar-refractivity contribution in [3.8, 4) is 0 Å². The van der Waals surface area contributed by atoms with Gasteiger partial charge < -0.3 is 10.1 Å². The van der Waals surface area contributed by atoms with Gasteiger partial charge in [-0.1, -0.05) is 18.2 Å². The largest absolute Gasteiger partial charge is 0.466 e. The number of fused-ring (bicyclic) bond motifs is 1. The summed E-state index contributed by atoms with van der Waals surface area (Å²) in [5, 5.41) is 4.94. The van der Waals surface area contributed by atoms with Crippen LogP contribution in [0.1, 0.15) is 20.3 Å². The molecule has 0 saturated carbocycles. The van der Waals surface area contributed by atoms with Crippen LogP contribution in [0.5, 0.6) is 0 Å². The quantitative estimate of drug-likeness (QED) is 0.817. The molecular weight excluding hydrogens is 282 g/mol. The lowest BCUT2D eigenvalue weighted by molar-refractivity contribution is -0.154. The number of ether oxygens (including phenoxy) is 1. The fraction of sp³-hybridized carbons (Fsp3) is 0.500. The number of amides is 1. The second-order valence-electron chi connectivity index (χ2n) is 5.78. The molecule has 6 heteroatoms. The summed E-state index contributed by atoms with van der Waals surface area (Å²) >= 11 is 0. The molecule has 0 bridgehead atoms. The lowest BCUT2D eigenvalue weighted by atomic mass is 9.80. The highest BCUT2D eigenvalue weighted by Crippen LogP contribution is 2.36. The van der Waals surface area contributed by atoms with Crippen molar-refractivity contribution in [1.82, 2.24) is 10.7 Å². The van der Waals surface area contributed by atoms with Crippen molar-refractivity contribution in [2.45, 2.75) is 32.5 Å². The van der Waals surface area contributed by atoms with Gasteiger partial charge in [0.2, 0.25) is 5.91 Å². The molecule has 2 saturated heterocycles. The van der Waals surface area contributed by atoms with Crippen molar-refractivity contribution in [2.75, 3.05) is 11.6 Å². The Kier molecular flexibility index (Phi) is 4.02. The summed E-state index contributed by atoms with van der Waals surface area (Å²) in [6, 6.07) is 9.86. The van der Waals surface area contributed by atoms with Crippen LogP contribution in [-0.2, 0) is 14.3 Å². The number of hydrogen-bond donors (Lipinski definition) is 2. The molecule has 1 aromatic rings. The van der Waals surface area contributed by atoms with Crippen LogP contribution in [0, 0.1) is 11.8 Å². The molecule has 3 rings (SSSR count). The van der Waals surface area contributed by atoms with Crippen LogP contribution in [0.4, 0.5) is 5.69 Å². The molecule has 1 aromatic carbocycles. The van der Waals surface area contributed by atoms with Gasteiger partial charge in [0.25, 0.3) is 0 Å². The van der Waals surface area contributed by atoms with Crippen LogP contribution in [0.2, 0.25) is 0 Å². The summed E-state index contributed by atoms with van der Waals surface area (Å²) in [5.74, 6) is -0.820. The van der Waals surface area contributed by atoms with Gasteiger partial charge in [-0.3, -0.25) is 14.6 Å². The molecule has 118 valence electrons. The molecule has 0 aliphatic carbocycles. The molecule has 0 aromatic heterocycles. The van der Waals surface area contributed by atoms with Gasteiger partial charge in [0.05, 0.1) is 18.2 Å². The Labute approximate surface area is 129 Å². The van der Waals surface area contributed by atoms with E-state index < -0.39 is 5.92 Å². The van der Waals surface area contributed by atoms with Gasteiger partial charge in [-0.2, -0.15) is 0 Å². The van der Waals surface area contributed by atoms with E-state index in [1.807, 2.05) is 42.3 Å². The van der Waals surface area contributed by atoms with E-state index in [4.69, 9.17) is 4.74 Å². The van der Waals surface area contributed by atoms with E-state index in [1.165, 1.54) is 0 Å². The van der Waals surface area contributed by atoms with Crippen molar-refractivity contribution in [3.63, 3.8) is 0 Å². The van der Waals surface area contributed by atoms with Gasteiger partial charge >= 0.3 is 5.97 Å². The maximum Gasteiger partial charge on any atom is 0.309 e. The lowest BCUT2D eigenvalue weighted by Gasteiger charge is -2.36. The van der Waals surface area contributed by atoms with Crippen LogP contribution < -0.4 is 15.8 Å². The number of nitrogens with one attached hydrogen (secondary N) is 2. The van der Waals surface area contributed by atoms with Crippen LogP contribution in [-0.4, -0.2) is 30.7 Å². The molecule has 2 aliphatic rings. The zero-order chi connectivity index (χ0) is 15.7. The van der Waals surface area contributed by atoms with Crippen molar-refractivity contribution < 1.29 is 14.3 Å². The summed E-state index contributed by atoms with van der Waals surface area (Å²) in [4.78, 5) is 24.3. The topological polar surface area (TPSA) is 70.7 Å². The second-order valence-corrected chi connectivity index (χ2v) is 5.78. The Hall–Kier alpha value is -2.08. The number of carbonyl (C=O) groups excluding carboxylic acids is 2. The third kappa shape index (κ3) is 2.54. The maximum atomic E-state index is 12.2. The van der Waals surface area contributed by atoms with Crippen LogP contribution >= 0.6 is 0 Å². The Morgan fingerprint density at radius 1 is 1.36 bits per heavy atom. The molecule has 2 N–H and O–H groups in total. The third-order valence-corrected chi connectivity index (χ3v) is 4.37. The number of hydrogen-bond acceptors (Lipinski definition) is 5. The summed E-state index contributed by atoms with van der Waals surface area (Å²) in [5.41, 5.74) is 4.33. The van der Waals surface area contributed by atoms with E-state index in [-0.39, 0.29) is 36.4 Å². The zero-order valence-electron chi connectivity index (χ0n) is 12.8. The molecule has 2 fully saturated rings. The molecule has 2 heterocycles. The van der Waals surface area contributed by atoms with Crippen molar-refractivity contribution in [2.24, 2.45) is 11.8 Å². The minimum Gasteiger partial charge on any atom is -0.466 e. The standard InChI is InChI=1S/C16H21N3O3/c1-3-22-16(21)12-9-13(20)17-15-14(12)10(2)18-19(15)11-7-5-4-6-8-11/h4-8,10,12,14-15,18H,3,9H2,1-2H3,(H,17,20). The van der Waals surface area contributed by atoms with E-state index in [2.05, 4.69) is 10.7 Å². The second kappa shape index (κ2) is 5.96. The summed E-state index contributed by atoms with van der Waals surface area (Å²) in [6.07, 6.45) is -0.0534. The molecule has 2 aliphatic heterocycles. The Balaban J connectivity index is 1.89. The summed E-state index contributed by atoms with van der Waals surface area (Å²) in [7, 11) is 0. The van der Waals surface area contributed by atoms with Gasteiger partial charge in [0.15, 0.2) is 0 Å². The molecule has 6 nitrogen and oxygen atoms in total. The lowest BCUT2D eigenvalue weighted by Crippen LogP contribution is -2.56. The Bertz CT molecular complexity index is 563. The highest BCUT2D eigenvalue weighted by atomic mass is 16.5. The first-order valence-electron chi connectivity index (χ1n) is 7.68. The molecule has 0 radical (unpaired) electrons. The number of anilines is 1. The maximum absolute atomic E-state index is 12.2. The monoisotopic (exact) mass is 303 g/mol. The number of hydrazine groups is 1. The van der Waals surface area contributed by atoms with Gasteiger partial charge in [-0.25, -0.2) is 5.43 Å². The minimum atomic E-state index is -0.407. The van der Waals surface area contributed by atoms with Gasteiger partial charge in [-0.15, -0.1) is 0 Å². The Morgan fingerprint density at radius 2 is 2.09 bits per heavy atom. The number of piperidine rings is 1. The normalized spacial score (nSPS) is 30.6. The van der Waals surface area contributed by atoms with E-state index in [1.54, 1.807) is 6.92 Å². The average Bonchev–Trinajstić information content (AvgIpc) is 2.84. The smallest absolute Gasteiger partial charge is 0.309 e. The number of nitrogens with zero attached hydrogens (tertiary/aromatic N) is 1. The Morgan fingerprint density at radius 3 is 2.77 bits per heavy atom. The first-order valence-corrected chi connectivity index (χ1v) is 7.68. The highest BCUT2D eigenvalue weighted by Gasteiger charge is 2.51. The molecule has 22 heavy (non-hydrogen) atoms. The number of esters is 1. The van der Waals surface area contributed by atoms with Crippen LogP contribution in [0.3, 0.4) is 0 Å². The predicted molar refractivity (Wildman–Crippen MR) is 81.7 cm³/mol. The van der Waals surface area contributed by atoms with Crippen molar-refractivity contribution in [1.29, 1.82) is 0 Å². The van der Waals surface area contributed by atoms with Crippen molar-refractivity contribution >= 4 is 17.6 Å². The van der Waals surface area contributed by atoms with Gasteiger partial charge in [-0.05, 0) is 26.0 Å². The molecule has 0 spiro atoms. The molecule has 1 amide bonds. The fourth-order valence-electron chi connectivity index (χ4n) is 3.43. The number of rotatable bonds is 3. The summed E-state index contributed by atoms with van der Waals surface area (Å²) in [6.45, 7) is 4.15. The van der Waals surface area contributed by atoms with E-state index in [9.17, 15) is 9.59 Å². The predicted octanol–water partition coefficient (Wildman–Crippen LogP) is 1.04. The van der Waals surface area contributed by atoms with Crippen molar-refractivity contribution in [3.05, 3.63) is 30.3 Å². The third-order valence-electron chi connectivity index (χ3n) is 4.37. The van der Waals surface area contributed by atoms with E-state index >= 15 is 0 Å². The van der Waals surface area contributed by atoms with Gasteiger partial charge in [0.1, 0.15) is 6.17 Å². The first kappa shape index (κ1) is 14.8. The SMILES string of the molecule is CCOC(=O)C1CC(=O)NC2C1C(C)NN2c1ccccc1. The number of para-hydroxylation sites is 1. The highest BCUT2D eigenvalue weighted by molar-refractivity contribution is 5.85. The minimum absolute atomic E-state index is 0.0167. The number of carbonyl (C=O) groups is 2. The van der Waals surface area contributed by atoms with Gasteiger partial charge in [0, 0.05) is 18.4 Å². The molecular formula is C16H21N3O3. The van der Waals surface area contributed by atoms with E-state index in [0.717, 1.165) is 5.69 Å². The average molecular weight is 303 g/mol. The van der Waals surface area contributed by atoms with Crippen LogP contribution in [0.15, 0.2) is 30.3 Å².